The molecule has 1 aliphatic rings. The standard InChI is InChI=1S/C12H25N3O/c1-10-5-4-6-15(8-10)12(2,3)9-14-11(16)7-13/h10H,4-9,13H2,1-3H3,(H,14,16). The highest BCUT2D eigenvalue weighted by Gasteiger charge is 2.30. The van der Waals surface area contributed by atoms with Crippen molar-refractivity contribution in [1.82, 2.24) is 10.2 Å². The lowest BCUT2D eigenvalue weighted by Crippen LogP contribution is -2.55. The van der Waals surface area contributed by atoms with Crippen molar-refractivity contribution >= 4 is 5.91 Å². The molecule has 0 bridgehead atoms. The Bertz CT molecular complexity index is 240. The minimum absolute atomic E-state index is 0.0273. The van der Waals surface area contributed by atoms with Crippen LogP contribution in [0, 0.1) is 5.92 Å². The minimum atomic E-state index is -0.0712. The van der Waals surface area contributed by atoms with E-state index in [9.17, 15) is 4.79 Å². The molecule has 0 radical (unpaired) electrons. The lowest BCUT2D eigenvalue weighted by atomic mass is 9.93. The summed E-state index contributed by atoms with van der Waals surface area (Å²) >= 11 is 0. The number of likely N-dealkylation sites (tertiary alicyclic amines) is 1. The number of amides is 1. The monoisotopic (exact) mass is 227 g/mol. The molecule has 3 N–H and O–H groups in total. The first kappa shape index (κ1) is 13.5. The molecule has 1 fully saturated rings. The van der Waals surface area contributed by atoms with E-state index in [1.54, 1.807) is 0 Å². The van der Waals surface area contributed by atoms with Gasteiger partial charge >= 0.3 is 0 Å². The topological polar surface area (TPSA) is 58.4 Å². The average molecular weight is 227 g/mol. The fourth-order valence-electron chi connectivity index (χ4n) is 2.24. The van der Waals surface area contributed by atoms with Crippen LogP contribution in [0.25, 0.3) is 0 Å². The van der Waals surface area contributed by atoms with Crippen molar-refractivity contribution in [2.75, 3.05) is 26.2 Å². The Morgan fingerprint density at radius 2 is 2.25 bits per heavy atom. The Hall–Kier alpha value is -0.610. The van der Waals surface area contributed by atoms with Gasteiger partial charge in [-0.2, -0.15) is 0 Å². The van der Waals surface area contributed by atoms with Gasteiger partial charge in [0.15, 0.2) is 0 Å². The normalized spacial score (nSPS) is 23.1. The van der Waals surface area contributed by atoms with Gasteiger partial charge in [0, 0.05) is 18.6 Å². The molecule has 4 nitrogen and oxygen atoms in total. The number of nitrogens with two attached hydrogens (primary N) is 1. The number of hydrogen-bond donors (Lipinski definition) is 2. The summed E-state index contributed by atoms with van der Waals surface area (Å²) in [5, 5.41) is 2.88. The first-order chi connectivity index (χ1) is 7.45. The van der Waals surface area contributed by atoms with Crippen LogP contribution in [0.4, 0.5) is 0 Å². The van der Waals surface area contributed by atoms with Crippen LogP contribution in [-0.4, -0.2) is 42.5 Å². The molecule has 0 aromatic rings. The van der Waals surface area contributed by atoms with Crippen molar-refractivity contribution in [3.05, 3.63) is 0 Å². The Morgan fingerprint density at radius 3 is 2.81 bits per heavy atom. The van der Waals surface area contributed by atoms with Gasteiger partial charge in [0.2, 0.25) is 5.91 Å². The van der Waals surface area contributed by atoms with Crippen molar-refractivity contribution in [3.63, 3.8) is 0 Å². The van der Waals surface area contributed by atoms with Crippen LogP contribution in [-0.2, 0) is 4.79 Å². The Labute approximate surface area is 98.6 Å². The summed E-state index contributed by atoms with van der Waals surface area (Å²) in [6.45, 7) is 9.67. The molecule has 1 amide bonds. The minimum Gasteiger partial charge on any atom is -0.353 e. The maximum atomic E-state index is 11.2. The van der Waals surface area contributed by atoms with Gasteiger partial charge in [0.25, 0.3) is 0 Å². The largest absolute Gasteiger partial charge is 0.353 e. The zero-order valence-corrected chi connectivity index (χ0v) is 10.8. The van der Waals surface area contributed by atoms with Gasteiger partial charge in [-0.15, -0.1) is 0 Å². The maximum Gasteiger partial charge on any atom is 0.233 e. The predicted octanol–water partition coefficient (Wildman–Crippen LogP) is 0.572. The van der Waals surface area contributed by atoms with E-state index < -0.39 is 0 Å². The summed E-state index contributed by atoms with van der Waals surface area (Å²) < 4.78 is 0. The third-order valence-electron chi connectivity index (χ3n) is 3.42. The van der Waals surface area contributed by atoms with Crippen LogP contribution in [0.5, 0.6) is 0 Å². The maximum absolute atomic E-state index is 11.2. The molecule has 0 saturated carbocycles. The first-order valence-corrected chi connectivity index (χ1v) is 6.17. The van der Waals surface area contributed by atoms with E-state index in [0.717, 1.165) is 19.0 Å². The van der Waals surface area contributed by atoms with E-state index in [0.29, 0.717) is 6.54 Å². The fraction of sp³-hybridized carbons (Fsp3) is 0.917. The number of carbonyl (C=O) groups excluding carboxylic acids is 1. The molecular formula is C12H25N3O. The summed E-state index contributed by atoms with van der Waals surface area (Å²) in [4.78, 5) is 13.6. The van der Waals surface area contributed by atoms with Crippen LogP contribution < -0.4 is 11.1 Å². The molecule has 1 heterocycles. The van der Waals surface area contributed by atoms with E-state index in [1.165, 1.54) is 12.8 Å². The summed E-state index contributed by atoms with van der Waals surface area (Å²) in [5.41, 5.74) is 5.30. The van der Waals surface area contributed by atoms with Crippen molar-refractivity contribution in [2.24, 2.45) is 11.7 Å². The molecular weight excluding hydrogens is 202 g/mol. The zero-order valence-electron chi connectivity index (χ0n) is 10.8. The van der Waals surface area contributed by atoms with Gasteiger partial charge in [0.05, 0.1) is 6.54 Å². The van der Waals surface area contributed by atoms with Gasteiger partial charge < -0.3 is 11.1 Å². The molecule has 0 spiro atoms. The highest BCUT2D eigenvalue weighted by Crippen LogP contribution is 2.23. The van der Waals surface area contributed by atoms with Crippen LogP contribution in [0.15, 0.2) is 0 Å². The zero-order chi connectivity index (χ0) is 12.2. The van der Waals surface area contributed by atoms with Gasteiger partial charge in [-0.3, -0.25) is 9.69 Å². The highest BCUT2D eigenvalue weighted by molar-refractivity contribution is 5.77. The highest BCUT2D eigenvalue weighted by atomic mass is 16.1. The smallest absolute Gasteiger partial charge is 0.233 e. The molecule has 0 aliphatic carbocycles. The molecule has 16 heavy (non-hydrogen) atoms. The molecule has 1 saturated heterocycles. The van der Waals surface area contributed by atoms with E-state index >= 15 is 0 Å². The van der Waals surface area contributed by atoms with E-state index in [2.05, 4.69) is 31.0 Å². The molecule has 94 valence electrons. The van der Waals surface area contributed by atoms with Gasteiger partial charge in [-0.25, -0.2) is 0 Å². The number of nitrogens with zero attached hydrogens (tertiary/aromatic N) is 1. The van der Waals surface area contributed by atoms with Gasteiger partial charge in [0.1, 0.15) is 0 Å². The number of rotatable bonds is 4. The number of nitrogens with one attached hydrogen (secondary N) is 1. The van der Waals surface area contributed by atoms with Gasteiger partial charge in [-0.05, 0) is 39.2 Å². The van der Waals surface area contributed by atoms with E-state index in [-0.39, 0.29) is 18.0 Å². The summed E-state index contributed by atoms with van der Waals surface area (Å²) in [7, 11) is 0. The lowest BCUT2D eigenvalue weighted by molar-refractivity contribution is -0.120. The van der Waals surface area contributed by atoms with Crippen molar-refractivity contribution in [3.8, 4) is 0 Å². The van der Waals surface area contributed by atoms with Crippen molar-refractivity contribution in [1.29, 1.82) is 0 Å². The van der Waals surface area contributed by atoms with Crippen LogP contribution in [0.1, 0.15) is 33.6 Å². The quantitative estimate of drug-likeness (QED) is 0.738. The number of hydrogen-bond acceptors (Lipinski definition) is 3. The van der Waals surface area contributed by atoms with Crippen LogP contribution in [0.3, 0.4) is 0 Å². The first-order valence-electron chi connectivity index (χ1n) is 6.17. The molecule has 1 aliphatic heterocycles. The summed E-state index contributed by atoms with van der Waals surface area (Å²) in [6.07, 6.45) is 2.58. The van der Waals surface area contributed by atoms with Gasteiger partial charge in [-0.1, -0.05) is 6.92 Å². The van der Waals surface area contributed by atoms with Crippen LogP contribution >= 0.6 is 0 Å². The van der Waals surface area contributed by atoms with Crippen LogP contribution in [0.2, 0.25) is 0 Å². The third-order valence-corrected chi connectivity index (χ3v) is 3.42. The number of carbonyl (C=O) groups is 1. The van der Waals surface area contributed by atoms with Crippen molar-refractivity contribution in [2.45, 2.75) is 39.2 Å². The number of piperidine rings is 1. The predicted molar refractivity (Wildman–Crippen MR) is 66.1 cm³/mol. The Kier molecular flexibility index (Phi) is 4.74. The van der Waals surface area contributed by atoms with E-state index in [4.69, 9.17) is 5.73 Å². The second-order valence-corrected chi connectivity index (χ2v) is 5.49. The summed E-state index contributed by atoms with van der Waals surface area (Å²) in [6, 6.07) is 0. The Balaban J connectivity index is 2.45. The second-order valence-electron chi connectivity index (χ2n) is 5.49. The molecule has 0 aromatic carbocycles. The molecule has 1 rings (SSSR count). The van der Waals surface area contributed by atoms with Crippen molar-refractivity contribution < 1.29 is 4.79 Å². The lowest BCUT2D eigenvalue weighted by Gasteiger charge is -2.43. The molecule has 0 aromatic heterocycles. The second kappa shape index (κ2) is 5.64. The fourth-order valence-corrected chi connectivity index (χ4v) is 2.24. The molecule has 1 unspecified atom stereocenters. The Morgan fingerprint density at radius 1 is 1.56 bits per heavy atom. The average Bonchev–Trinajstić information content (AvgIpc) is 2.26. The molecule has 1 atom stereocenters. The molecule has 4 heteroatoms. The third kappa shape index (κ3) is 3.76. The summed E-state index contributed by atoms with van der Waals surface area (Å²) in [5.74, 6) is 0.691. The van der Waals surface area contributed by atoms with E-state index in [1.807, 2.05) is 0 Å². The SMILES string of the molecule is CC1CCCN(C(C)(C)CNC(=O)CN)C1.